The topological polar surface area (TPSA) is 51.8 Å². The SMILES string of the molecule is Nc1nnc([C@@H]2C[C@H]2c2ccccc2)s1. The highest BCUT2D eigenvalue weighted by atomic mass is 32.1. The maximum Gasteiger partial charge on any atom is 0.203 e. The van der Waals surface area contributed by atoms with Crippen LogP contribution in [0.3, 0.4) is 0 Å². The number of nitrogens with zero attached hydrogens (tertiary/aromatic N) is 2. The Morgan fingerprint density at radius 3 is 2.60 bits per heavy atom. The molecular formula is C11H11N3S. The predicted molar refractivity (Wildman–Crippen MR) is 60.9 cm³/mol. The monoisotopic (exact) mass is 217 g/mol. The highest BCUT2D eigenvalue weighted by Crippen LogP contribution is 2.55. The Labute approximate surface area is 92.0 Å². The highest BCUT2D eigenvalue weighted by molar-refractivity contribution is 7.15. The summed E-state index contributed by atoms with van der Waals surface area (Å²) in [7, 11) is 0. The van der Waals surface area contributed by atoms with Crippen LogP contribution in [0.15, 0.2) is 30.3 Å². The lowest BCUT2D eigenvalue weighted by atomic mass is 10.1. The van der Waals surface area contributed by atoms with Gasteiger partial charge in [0.05, 0.1) is 0 Å². The van der Waals surface area contributed by atoms with Crippen LogP contribution >= 0.6 is 11.3 Å². The average molecular weight is 217 g/mol. The molecule has 15 heavy (non-hydrogen) atoms. The molecule has 1 saturated carbocycles. The zero-order valence-electron chi connectivity index (χ0n) is 8.13. The van der Waals surface area contributed by atoms with Gasteiger partial charge in [0.15, 0.2) is 0 Å². The molecular weight excluding hydrogens is 206 g/mol. The van der Waals surface area contributed by atoms with E-state index >= 15 is 0 Å². The smallest absolute Gasteiger partial charge is 0.203 e. The van der Waals surface area contributed by atoms with Crippen LogP contribution in [0.1, 0.15) is 28.8 Å². The number of hydrogen-bond acceptors (Lipinski definition) is 4. The molecule has 76 valence electrons. The molecule has 4 heteroatoms. The van der Waals surface area contributed by atoms with Crippen LogP contribution in [0.5, 0.6) is 0 Å². The van der Waals surface area contributed by atoms with Gasteiger partial charge in [0.1, 0.15) is 5.01 Å². The second-order valence-corrected chi connectivity index (χ2v) is 4.88. The molecule has 1 aromatic heterocycles. The minimum Gasteiger partial charge on any atom is -0.374 e. The number of anilines is 1. The van der Waals surface area contributed by atoms with Crippen molar-refractivity contribution in [2.24, 2.45) is 0 Å². The summed E-state index contributed by atoms with van der Waals surface area (Å²) < 4.78 is 0. The molecule has 0 aliphatic heterocycles. The Bertz CT molecular complexity index is 466. The molecule has 1 fully saturated rings. The van der Waals surface area contributed by atoms with Gasteiger partial charge >= 0.3 is 0 Å². The number of rotatable bonds is 2. The van der Waals surface area contributed by atoms with Crippen LogP contribution in [-0.4, -0.2) is 10.2 Å². The Balaban J connectivity index is 1.80. The summed E-state index contributed by atoms with van der Waals surface area (Å²) in [6, 6.07) is 10.6. The van der Waals surface area contributed by atoms with Gasteiger partial charge in [-0.3, -0.25) is 0 Å². The van der Waals surface area contributed by atoms with E-state index < -0.39 is 0 Å². The van der Waals surface area contributed by atoms with Gasteiger partial charge in [-0.15, -0.1) is 10.2 Å². The van der Waals surface area contributed by atoms with Gasteiger partial charge in [0, 0.05) is 5.92 Å². The van der Waals surface area contributed by atoms with Crippen molar-refractivity contribution in [3.8, 4) is 0 Å². The van der Waals surface area contributed by atoms with Crippen molar-refractivity contribution < 1.29 is 0 Å². The maximum absolute atomic E-state index is 5.57. The predicted octanol–water partition coefficient (Wildman–Crippen LogP) is 2.39. The van der Waals surface area contributed by atoms with E-state index in [4.69, 9.17) is 5.73 Å². The number of benzene rings is 1. The quantitative estimate of drug-likeness (QED) is 0.840. The molecule has 2 atom stereocenters. The molecule has 1 aliphatic carbocycles. The van der Waals surface area contributed by atoms with Crippen molar-refractivity contribution in [1.82, 2.24) is 10.2 Å². The van der Waals surface area contributed by atoms with Crippen molar-refractivity contribution >= 4 is 16.5 Å². The number of hydrogen-bond donors (Lipinski definition) is 1. The summed E-state index contributed by atoms with van der Waals surface area (Å²) in [6.45, 7) is 0. The first-order valence-electron chi connectivity index (χ1n) is 4.98. The lowest BCUT2D eigenvalue weighted by Gasteiger charge is -1.96. The first-order valence-corrected chi connectivity index (χ1v) is 5.80. The number of nitrogens with two attached hydrogens (primary N) is 1. The van der Waals surface area contributed by atoms with Crippen LogP contribution in [-0.2, 0) is 0 Å². The molecule has 1 aromatic carbocycles. The van der Waals surface area contributed by atoms with Crippen molar-refractivity contribution in [3.05, 3.63) is 40.9 Å². The maximum atomic E-state index is 5.57. The lowest BCUT2D eigenvalue weighted by molar-refractivity contribution is 0.946. The second kappa shape index (κ2) is 3.31. The zero-order valence-corrected chi connectivity index (χ0v) is 8.95. The summed E-state index contributed by atoms with van der Waals surface area (Å²) in [5, 5.41) is 9.61. The zero-order chi connectivity index (χ0) is 10.3. The van der Waals surface area contributed by atoms with Crippen LogP contribution in [0.25, 0.3) is 0 Å². The molecule has 0 bridgehead atoms. The van der Waals surface area contributed by atoms with Crippen LogP contribution < -0.4 is 5.73 Å². The molecule has 2 aromatic rings. The fraction of sp³-hybridized carbons (Fsp3) is 0.273. The van der Waals surface area contributed by atoms with E-state index in [-0.39, 0.29) is 0 Å². The van der Waals surface area contributed by atoms with Crippen molar-refractivity contribution in [2.45, 2.75) is 18.3 Å². The molecule has 0 saturated heterocycles. The van der Waals surface area contributed by atoms with Gasteiger partial charge in [0.2, 0.25) is 5.13 Å². The molecule has 1 aliphatic rings. The summed E-state index contributed by atoms with van der Waals surface area (Å²) in [4.78, 5) is 0. The molecule has 0 spiro atoms. The van der Waals surface area contributed by atoms with E-state index in [9.17, 15) is 0 Å². The minimum absolute atomic E-state index is 0.544. The van der Waals surface area contributed by atoms with Gasteiger partial charge in [-0.1, -0.05) is 41.7 Å². The molecule has 3 nitrogen and oxygen atoms in total. The molecule has 2 N–H and O–H groups in total. The van der Waals surface area contributed by atoms with Crippen LogP contribution in [0, 0.1) is 0 Å². The van der Waals surface area contributed by atoms with Gasteiger partial charge < -0.3 is 5.73 Å². The standard InChI is InChI=1S/C11H11N3S/c12-11-14-13-10(15-11)9-6-8(9)7-4-2-1-3-5-7/h1-5,8-9H,6H2,(H2,12,14)/t8-,9+/m0/s1. The van der Waals surface area contributed by atoms with Gasteiger partial charge in [0.25, 0.3) is 0 Å². The average Bonchev–Trinajstić information content (AvgIpc) is 2.96. The Kier molecular flexibility index (Phi) is 1.95. The van der Waals surface area contributed by atoms with Gasteiger partial charge in [-0.25, -0.2) is 0 Å². The summed E-state index contributed by atoms with van der Waals surface area (Å²) >= 11 is 1.51. The van der Waals surface area contributed by atoms with E-state index in [1.54, 1.807) is 0 Å². The third-order valence-electron chi connectivity index (χ3n) is 2.79. The van der Waals surface area contributed by atoms with E-state index in [1.807, 2.05) is 6.07 Å². The first-order chi connectivity index (χ1) is 7.34. The lowest BCUT2D eigenvalue weighted by Crippen LogP contribution is -1.83. The first kappa shape index (κ1) is 8.85. The normalized spacial score (nSPS) is 24.0. The van der Waals surface area contributed by atoms with Gasteiger partial charge in [-0.2, -0.15) is 0 Å². The largest absolute Gasteiger partial charge is 0.374 e. The molecule has 0 radical (unpaired) electrons. The molecule has 1 heterocycles. The van der Waals surface area contributed by atoms with Gasteiger partial charge in [-0.05, 0) is 17.9 Å². The minimum atomic E-state index is 0.544. The third-order valence-corrected chi connectivity index (χ3v) is 3.68. The number of nitrogen functional groups attached to an aromatic ring is 1. The Morgan fingerprint density at radius 2 is 1.93 bits per heavy atom. The summed E-state index contributed by atoms with van der Waals surface area (Å²) in [5.41, 5.74) is 6.97. The molecule has 3 rings (SSSR count). The summed E-state index contributed by atoms with van der Waals surface area (Å²) in [6.07, 6.45) is 1.18. The summed E-state index contributed by atoms with van der Waals surface area (Å²) in [5.74, 6) is 1.17. The van der Waals surface area contributed by atoms with E-state index in [2.05, 4.69) is 34.5 Å². The fourth-order valence-corrected chi connectivity index (χ4v) is 2.72. The third kappa shape index (κ3) is 1.61. The fourth-order valence-electron chi connectivity index (χ4n) is 1.93. The van der Waals surface area contributed by atoms with E-state index in [0.29, 0.717) is 17.0 Å². The van der Waals surface area contributed by atoms with E-state index in [1.165, 1.54) is 23.3 Å². The molecule has 0 unspecified atom stereocenters. The van der Waals surface area contributed by atoms with Crippen LogP contribution in [0.2, 0.25) is 0 Å². The second-order valence-electron chi connectivity index (χ2n) is 3.84. The van der Waals surface area contributed by atoms with Crippen molar-refractivity contribution in [2.75, 3.05) is 5.73 Å². The Hall–Kier alpha value is -1.42. The van der Waals surface area contributed by atoms with Crippen molar-refractivity contribution in [3.63, 3.8) is 0 Å². The molecule has 0 amide bonds. The Morgan fingerprint density at radius 1 is 1.13 bits per heavy atom. The van der Waals surface area contributed by atoms with E-state index in [0.717, 1.165) is 5.01 Å². The van der Waals surface area contributed by atoms with Crippen LogP contribution in [0.4, 0.5) is 5.13 Å². The number of aromatic nitrogens is 2. The highest BCUT2D eigenvalue weighted by Gasteiger charge is 2.41. The van der Waals surface area contributed by atoms with Crippen molar-refractivity contribution in [1.29, 1.82) is 0 Å².